The molecule has 3 N–H and O–H groups in total. The first kappa shape index (κ1) is 15.7. The molecule has 3 rings (SSSR count). The van der Waals surface area contributed by atoms with E-state index in [1.165, 1.54) is 7.11 Å². The van der Waals surface area contributed by atoms with Crippen LogP contribution in [0.3, 0.4) is 0 Å². The minimum atomic E-state index is 0.211. The second kappa shape index (κ2) is 6.54. The number of hydrogen-bond donors (Lipinski definition) is 2. The quantitative estimate of drug-likeness (QED) is 0.766. The minimum Gasteiger partial charge on any atom is -0.508 e. The lowest BCUT2D eigenvalue weighted by Crippen LogP contribution is -2.02. The van der Waals surface area contributed by atoms with Crippen LogP contribution in [-0.4, -0.2) is 27.2 Å². The standard InChI is InChI=1S/C18H18N4O2/c1-3-14-15(12-8-21-18(24-2)22-9-12)10-20-17(19)16(14)11-4-6-13(23)7-5-11/h4-10,23H,3H2,1-2H3,(H2,19,20). The van der Waals surface area contributed by atoms with Crippen LogP contribution in [0.2, 0.25) is 0 Å². The van der Waals surface area contributed by atoms with Crippen LogP contribution >= 0.6 is 0 Å². The Kier molecular flexibility index (Phi) is 4.29. The van der Waals surface area contributed by atoms with Crippen molar-refractivity contribution in [1.82, 2.24) is 15.0 Å². The highest BCUT2D eigenvalue weighted by molar-refractivity contribution is 5.84. The molecule has 122 valence electrons. The molecule has 0 radical (unpaired) electrons. The van der Waals surface area contributed by atoms with Crippen LogP contribution in [0.15, 0.2) is 42.9 Å². The van der Waals surface area contributed by atoms with E-state index in [4.69, 9.17) is 10.5 Å². The fourth-order valence-electron chi connectivity index (χ4n) is 2.69. The van der Waals surface area contributed by atoms with E-state index in [9.17, 15) is 5.11 Å². The monoisotopic (exact) mass is 322 g/mol. The van der Waals surface area contributed by atoms with E-state index >= 15 is 0 Å². The average Bonchev–Trinajstić information content (AvgIpc) is 2.62. The largest absolute Gasteiger partial charge is 0.508 e. The highest BCUT2D eigenvalue weighted by atomic mass is 16.5. The van der Waals surface area contributed by atoms with Gasteiger partial charge in [0.05, 0.1) is 7.11 Å². The van der Waals surface area contributed by atoms with Gasteiger partial charge >= 0.3 is 6.01 Å². The third kappa shape index (κ3) is 2.86. The van der Waals surface area contributed by atoms with Gasteiger partial charge in [0.2, 0.25) is 0 Å². The number of nitrogens with zero attached hydrogens (tertiary/aromatic N) is 3. The Morgan fingerprint density at radius 3 is 2.25 bits per heavy atom. The van der Waals surface area contributed by atoms with Gasteiger partial charge in [-0.15, -0.1) is 0 Å². The summed E-state index contributed by atoms with van der Waals surface area (Å²) in [6.45, 7) is 2.06. The molecule has 0 fully saturated rings. The van der Waals surface area contributed by atoms with Crippen molar-refractivity contribution in [3.8, 4) is 34.0 Å². The first-order valence-electron chi connectivity index (χ1n) is 7.57. The summed E-state index contributed by atoms with van der Waals surface area (Å²) in [5, 5.41) is 9.51. The summed E-state index contributed by atoms with van der Waals surface area (Å²) in [6.07, 6.45) is 5.92. The molecular formula is C18H18N4O2. The van der Waals surface area contributed by atoms with Gasteiger partial charge in [-0.25, -0.2) is 15.0 Å². The molecule has 3 aromatic rings. The summed E-state index contributed by atoms with van der Waals surface area (Å²) in [7, 11) is 1.53. The van der Waals surface area contributed by atoms with Crippen molar-refractivity contribution in [3.63, 3.8) is 0 Å². The van der Waals surface area contributed by atoms with Crippen molar-refractivity contribution in [2.24, 2.45) is 0 Å². The number of nitrogen functional groups attached to an aromatic ring is 1. The molecule has 0 saturated carbocycles. The van der Waals surface area contributed by atoms with Crippen LogP contribution in [0.4, 0.5) is 5.82 Å². The number of rotatable bonds is 4. The molecule has 6 nitrogen and oxygen atoms in total. The molecule has 0 aliphatic heterocycles. The van der Waals surface area contributed by atoms with Crippen molar-refractivity contribution in [2.45, 2.75) is 13.3 Å². The van der Waals surface area contributed by atoms with Gasteiger partial charge in [0, 0.05) is 35.3 Å². The van der Waals surface area contributed by atoms with Crippen LogP contribution in [-0.2, 0) is 6.42 Å². The van der Waals surface area contributed by atoms with Crippen LogP contribution in [0.25, 0.3) is 22.3 Å². The molecule has 0 aliphatic carbocycles. The Morgan fingerprint density at radius 2 is 1.67 bits per heavy atom. The molecule has 2 heterocycles. The number of phenolic OH excluding ortho intramolecular Hbond substituents is 1. The van der Waals surface area contributed by atoms with Crippen LogP contribution in [0.1, 0.15) is 12.5 Å². The Balaban J connectivity index is 2.17. The summed E-state index contributed by atoms with van der Waals surface area (Å²) in [6, 6.07) is 7.25. The first-order valence-corrected chi connectivity index (χ1v) is 7.57. The Hall–Kier alpha value is -3.15. The summed E-state index contributed by atoms with van der Waals surface area (Å²) in [4.78, 5) is 12.7. The van der Waals surface area contributed by atoms with E-state index in [0.29, 0.717) is 11.8 Å². The molecule has 0 saturated heterocycles. The molecule has 2 aromatic heterocycles. The van der Waals surface area contributed by atoms with Gasteiger partial charge in [-0.05, 0) is 29.7 Å². The van der Waals surface area contributed by atoms with Gasteiger partial charge < -0.3 is 15.6 Å². The zero-order chi connectivity index (χ0) is 17.1. The third-order valence-electron chi connectivity index (χ3n) is 3.85. The fourth-order valence-corrected chi connectivity index (χ4v) is 2.69. The zero-order valence-corrected chi connectivity index (χ0v) is 13.5. The maximum absolute atomic E-state index is 9.51. The molecule has 0 unspecified atom stereocenters. The summed E-state index contributed by atoms with van der Waals surface area (Å²) in [5.74, 6) is 0.666. The predicted molar refractivity (Wildman–Crippen MR) is 92.7 cm³/mol. The second-order valence-electron chi connectivity index (χ2n) is 5.27. The lowest BCUT2D eigenvalue weighted by molar-refractivity contribution is 0.380. The highest BCUT2D eigenvalue weighted by Crippen LogP contribution is 2.36. The predicted octanol–water partition coefficient (Wildman–Crippen LogP) is 3.06. The Labute approximate surface area is 140 Å². The number of aromatic hydroxyl groups is 1. The van der Waals surface area contributed by atoms with E-state index in [1.807, 2.05) is 12.1 Å². The molecule has 6 heteroatoms. The SMILES string of the molecule is CCc1c(-c2cnc(OC)nc2)cnc(N)c1-c1ccc(O)cc1. The molecule has 0 spiro atoms. The lowest BCUT2D eigenvalue weighted by Gasteiger charge is -2.15. The van der Waals surface area contributed by atoms with E-state index in [2.05, 4.69) is 21.9 Å². The number of nitrogens with two attached hydrogens (primary N) is 1. The molecule has 0 atom stereocenters. The van der Waals surface area contributed by atoms with Gasteiger partial charge in [-0.3, -0.25) is 0 Å². The van der Waals surface area contributed by atoms with Crippen LogP contribution < -0.4 is 10.5 Å². The van der Waals surface area contributed by atoms with Crippen molar-refractivity contribution < 1.29 is 9.84 Å². The van der Waals surface area contributed by atoms with Crippen LogP contribution in [0.5, 0.6) is 11.8 Å². The molecular weight excluding hydrogens is 304 g/mol. The first-order chi connectivity index (χ1) is 11.6. The second-order valence-corrected chi connectivity index (χ2v) is 5.27. The van der Waals surface area contributed by atoms with Gasteiger partial charge in [-0.1, -0.05) is 19.1 Å². The van der Waals surface area contributed by atoms with E-state index in [-0.39, 0.29) is 5.75 Å². The number of benzene rings is 1. The maximum Gasteiger partial charge on any atom is 0.316 e. The van der Waals surface area contributed by atoms with E-state index in [0.717, 1.165) is 34.2 Å². The van der Waals surface area contributed by atoms with E-state index < -0.39 is 0 Å². The molecule has 24 heavy (non-hydrogen) atoms. The number of aromatic nitrogens is 3. The van der Waals surface area contributed by atoms with Gasteiger partial charge in [0.15, 0.2) is 0 Å². The maximum atomic E-state index is 9.51. The summed E-state index contributed by atoms with van der Waals surface area (Å²) < 4.78 is 5.00. The summed E-state index contributed by atoms with van der Waals surface area (Å²) >= 11 is 0. The average molecular weight is 322 g/mol. The van der Waals surface area contributed by atoms with Gasteiger partial charge in [0.1, 0.15) is 11.6 Å². The Bertz CT molecular complexity index is 846. The minimum absolute atomic E-state index is 0.211. The number of hydrogen-bond acceptors (Lipinski definition) is 6. The molecule has 0 bridgehead atoms. The Morgan fingerprint density at radius 1 is 1.00 bits per heavy atom. The van der Waals surface area contributed by atoms with Crippen molar-refractivity contribution in [3.05, 3.63) is 48.4 Å². The number of ether oxygens (including phenoxy) is 1. The fraction of sp³-hybridized carbons (Fsp3) is 0.167. The van der Waals surface area contributed by atoms with Gasteiger partial charge in [0.25, 0.3) is 0 Å². The number of methoxy groups -OCH3 is 1. The normalized spacial score (nSPS) is 10.6. The smallest absolute Gasteiger partial charge is 0.316 e. The molecule has 1 aromatic carbocycles. The van der Waals surface area contributed by atoms with Crippen LogP contribution in [0, 0.1) is 0 Å². The number of anilines is 1. The number of phenols is 1. The topological polar surface area (TPSA) is 94.2 Å². The zero-order valence-electron chi connectivity index (χ0n) is 13.5. The summed E-state index contributed by atoms with van der Waals surface area (Å²) in [5.41, 5.74) is 10.7. The van der Waals surface area contributed by atoms with Gasteiger partial charge in [-0.2, -0.15) is 0 Å². The highest BCUT2D eigenvalue weighted by Gasteiger charge is 2.15. The van der Waals surface area contributed by atoms with Crippen molar-refractivity contribution in [2.75, 3.05) is 12.8 Å². The van der Waals surface area contributed by atoms with Crippen molar-refractivity contribution >= 4 is 5.82 Å². The van der Waals surface area contributed by atoms with E-state index in [1.54, 1.807) is 30.7 Å². The third-order valence-corrected chi connectivity index (χ3v) is 3.85. The number of pyridine rings is 1. The van der Waals surface area contributed by atoms with Crippen molar-refractivity contribution in [1.29, 1.82) is 0 Å². The molecule has 0 amide bonds. The molecule has 0 aliphatic rings. The lowest BCUT2D eigenvalue weighted by atomic mass is 9.93.